The molecule has 20 heavy (non-hydrogen) atoms. The maximum absolute atomic E-state index is 10.5. The first-order valence-electron chi connectivity index (χ1n) is 5.01. The lowest BCUT2D eigenvalue weighted by atomic mass is 10.4. The molecule has 1 aromatic carbocycles. The highest BCUT2D eigenvalue weighted by Crippen LogP contribution is 2.11. The van der Waals surface area contributed by atoms with Crippen LogP contribution in [-0.2, 0) is 4.79 Å². The minimum absolute atomic E-state index is 0.0134. The van der Waals surface area contributed by atoms with E-state index in [1.54, 1.807) is 0 Å². The van der Waals surface area contributed by atoms with Crippen LogP contribution in [0.3, 0.4) is 0 Å². The van der Waals surface area contributed by atoms with Crippen LogP contribution in [-0.4, -0.2) is 12.1 Å². The zero-order valence-corrected chi connectivity index (χ0v) is 13.4. The fraction of sp³-hybridized carbons (Fsp3) is 0.0833. The van der Waals surface area contributed by atoms with Crippen LogP contribution in [0, 0.1) is 6.45 Å². The molecule has 1 heterocycles. The van der Waals surface area contributed by atoms with Gasteiger partial charge in [0.2, 0.25) is 2.88 Å². The van der Waals surface area contributed by atoms with Crippen molar-refractivity contribution in [2.45, 2.75) is 6.18 Å². The third kappa shape index (κ3) is 6.58. The van der Waals surface area contributed by atoms with Gasteiger partial charge in [0.1, 0.15) is 5.97 Å². The van der Waals surface area contributed by atoms with E-state index in [4.69, 9.17) is 21.5 Å². The molecule has 0 N–H and O–H groups in total. The number of carboxylic acids is 1. The van der Waals surface area contributed by atoms with Gasteiger partial charge in [-0.25, -0.2) is 0 Å². The third-order valence-corrected chi connectivity index (χ3v) is 6.14. The lowest BCUT2D eigenvalue weighted by molar-refractivity contribution is -0.591. The molecule has 0 fully saturated rings. The van der Waals surface area contributed by atoms with Crippen LogP contribution < -0.4 is 26.3 Å². The van der Waals surface area contributed by atoms with Crippen molar-refractivity contribution in [2.75, 3.05) is 0 Å². The topological polar surface area (TPSA) is 40.1 Å². The third-order valence-electron chi connectivity index (χ3n) is 1.72. The largest absolute Gasteiger partial charge is 0.542 e. The van der Waals surface area contributed by atoms with Crippen LogP contribution in [0.2, 0.25) is 5.02 Å². The van der Waals surface area contributed by atoms with Crippen LogP contribution in [0.4, 0.5) is 13.2 Å². The molecular formula is C12H7ClF3IO2S. The molecule has 0 unspecified atom stereocenters. The molecule has 0 spiro atoms. The predicted molar refractivity (Wildman–Crippen MR) is 64.2 cm³/mol. The Morgan fingerprint density at radius 2 is 1.75 bits per heavy atom. The maximum Gasteiger partial charge on any atom is 0.430 e. The van der Waals surface area contributed by atoms with Crippen molar-refractivity contribution in [2.24, 2.45) is 0 Å². The van der Waals surface area contributed by atoms with Crippen LogP contribution in [0.5, 0.6) is 0 Å². The van der Waals surface area contributed by atoms with Crippen molar-refractivity contribution in [1.29, 1.82) is 0 Å². The second-order valence-electron chi connectivity index (χ2n) is 3.23. The SMILES string of the molecule is Clc1ccc([I+]c2cccs2)cc1.O=C([O-])C(F)(F)F. The zero-order valence-electron chi connectivity index (χ0n) is 9.66. The predicted octanol–water partition coefficient (Wildman–Crippen LogP) is -0.172. The van der Waals surface area contributed by atoms with E-state index in [2.05, 4.69) is 29.6 Å². The molecule has 0 amide bonds. The van der Waals surface area contributed by atoms with E-state index in [-0.39, 0.29) is 21.2 Å². The van der Waals surface area contributed by atoms with Gasteiger partial charge in [-0.2, -0.15) is 13.2 Å². The smallest absolute Gasteiger partial charge is 0.430 e. The van der Waals surface area contributed by atoms with Gasteiger partial charge < -0.3 is 9.90 Å². The molecule has 0 saturated heterocycles. The Morgan fingerprint density at radius 3 is 2.15 bits per heavy atom. The monoisotopic (exact) mass is 434 g/mol. The minimum atomic E-state index is -5.19. The van der Waals surface area contributed by atoms with Crippen LogP contribution >= 0.6 is 22.9 Å². The standard InChI is InChI=1S/C10H7ClIS.C2HF3O2/c11-8-3-5-9(6-4-8)12-10-2-1-7-13-10;3-2(4,5)1(6)7/h1-7H;(H,6,7)/q+1;/p-1. The summed E-state index contributed by atoms with van der Waals surface area (Å²) in [6, 6.07) is 12.5. The average molecular weight is 435 g/mol. The highest BCUT2D eigenvalue weighted by Gasteiger charge is 2.28. The number of benzene rings is 1. The van der Waals surface area contributed by atoms with Gasteiger partial charge in [0, 0.05) is 11.1 Å². The number of carbonyl (C=O) groups excluding carboxylic acids is 1. The van der Waals surface area contributed by atoms with Crippen molar-refractivity contribution < 1.29 is 44.3 Å². The van der Waals surface area contributed by atoms with Crippen molar-refractivity contribution in [3.8, 4) is 0 Å². The van der Waals surface area contributed by atoms with Crippen LogP contribution in [0.25, 0.3) is 0 Å². The molecule has 2 nitrogen and oxygen atoms in total. The molecule has 0 bridgehead atoms. The first kappa shape index (κ1) is 17.3. The van der Waals surface area contributed by atoms with Gasteiger partial charge in [0.15, 0.2) is 3.57 Å². The number of hydrogen-bond acceptors (Lipinski definition) is 3. The number of thiophene rings is 1. The van der Waals surface area contributed by atoms with E-state index in [1.165, 1.54) is 6.45 Å². The number of aliphatic carboxylic acids is 1. The van der Waals surface area contributed by atoms with Crippen LogP contribution in [0.15, 0.2) is 41.8 Å². The number of alkyl halides is 3. The second-order valence-corrected chi connectivity index (χ2v) is 8.30. The Labute approximate surface area is 132 Å². The Hall–Kier alpha value is -0.800. The van der Waals surface area contributed by atoms with Crippen molar-refractivity contribution in [1.82, 2.24) is 0 Å². The number of hydrogen-bond donors (Lipinski definition) is 0. The quantitative estimate of drug-likeness (QED) is 0.616. The average Bonchev–Trinajstić information content (AvgIpc) is 2.84. The molecule has 2 rings (SSSR count). The molecule has 0 atom stereocenters. The summed E-state index contributed by atoms with van der Waals surface area (Å²) >= 11 is 7.66. The van der Waals surface area contributed by atoms with Gasteiger partial charge in [0.05, 0.1) is 0 Å². The van der Waals surface area contributed by atoms with E-state index in [1.807, 2.05) is 23.5 Å². The maximum atomic E-state index is 10.5. The highest BCUT2D eigenvalue weighted by atomic mass is 127. The first-order valence-corrected chi connectivity index (χ1v) is 8.42. The van der Waals surface area contributed by atoms with E-state index >= 15 is 0 Å². The number of rotatable bonds is 2. The van der Waals surface area contributed by atoms with Gasteiger partial charge in [-0.1, -0.05) is 22.9 Å². The fourth-order valence-electron chi connectivity index (χ4n) is 0.912. The van der Waals surface area contributed by atoms with Gasteiger partial charge in [-0.15, -0.1) is 0 Å². The molecule has 0 aliphatic heterocycles. The molecule has 0 saturated carbocycles. The molecular weight excluding hydrogens is 428 g/mol. The first-order chi connectivity index (χ1) is 9.29. The Balaban J connectivity index is 0.000000246. The second kappa shape index (κ2) is 7.84. The van der Waals surface area contributed by atoms with Crippen molar-refractivity contribution in [3.05, 3.63) is 53.3 Å². The molecule has 0 radical (unpaired) electrons. The summed E-state index contributed by atoms with van der Waals surface area (Å²) in [5.41, 5.74) is 0. The normalized spacial score (nSPS) is 10.6. The van der Waals surface area contributed by atoms with Crippen molar-refractivity contribution in [3.63, 3.8) is 0 Å². The molecule has 0 aliphatic rings. The summed E-state index contributed by atoms with van der Waals surface area (Å²) in [6.45, 7) is 0. The molecule has 2 aromatic rings. The zero-order chi connectivity index (χ0) is 15.2. The van der Waals surface area contributed by atoms with E-state index in [9.17, 15) is 13.2 Å². The summed E-state index contributed by atoms with van der Waals surface area (Å²) in [7, 11) is 0. The lowest BCUT2D eigenvalue weighted by Gasteiger charge is -2.03. The van der Waals surface area contributed by atoms with Gasteiger partial charge in [0.25, 0.3) is 0 Å². The molecule has 108 valence electrons. The Kier molecular flexibility index (Phi) is 6.77. The molecule has 1 aromatic heterocycles. The number of halogens is 5. The lowest BCUT2D eigenvalue weighted by Crippen LogP contribution is -3.61. The number of carboxylic acid groups (broad SMARTS) is 1. The minimum Gasteiger partial charge on any atom is -0.542 e. The summed E-state index contributed by atoms with van der Waals surface area (Å²) < 4.78 is 34.5. The number of carbonyl (C=O) groups is 1. The fourth-order valence-corrected chi connectivity index (χ4v) is 4.67. The Bertz CT molecular complexity index is 541. The van der Waals surface area contributed by atoms with E-state index in [0.29, 0.717) is 0 Å². The van der Waals surface area contributed by atoms with Crippen molar-refractivity contribution >= 4 is 28.9 Å². The molecule has 8 heteroatoms. The van der Waals surface area contributed by atoms with Gasteiger partial charge in [-0.3, -0.25) is 0 Å². The van der Waals surface area contributed by atoms with Gasteiger partial charge in [-0.05, 0) is 35.7 Å². The summed E-state index contributed by atoms with van der Waals surface area (Å²) in [5, 5.41) is 11.7. The summed E-state index contributed by atoms with van der Waals surface area (Å²) in [5.74, 6) is -3.01. The van der Waals surface area contributed by atoms with Gasteiger partial charge >= 0.3 is 27.4 Å². The van der Waals surface area contributed by atoms with E-state index < -0.39 is 12.1 Å². The summed E-state index contributed by atoms with van der Waals surface area (Å²) in [6.07, 6.45) is -5.19. The summed E-state index contributed by atoms with van der Waals surface area (Å²) in [4.78, 5) is 8.78. The Morgan fingerprint density at radius 1 is 1.20 bits per heavy atom. The van der Waals surface area contributed by atoms with Crippen LogP contribution in [0.1, 0.15) is 0 Å². The van der Waals surface area contributed by atoms with E-state index in [0.717, 1.165) is 5.02 Å². The molecule has 0 aliphatic carbocycles. The highest BCUT2D eigenvalue weighted by molar-refractivity contribution is 7.07.